The molecule has 164 valence electrons. The summed E-state index contributed by atoms with van der Waals surface area (Å²) in [7, 11) is 1.59. The maximum atomic E-state index is 13.1. The maximum Gasteiger partial charge on any atom is 0.309 e. The Morgan fingerprint density at radius 2 is 1.78 bits per heavy atom. The van der Waals surface area contributed by atoms with Gasteiger partial charge >= 0.3 is 5.97 Å². The molecule has 3 aromatic rings. The number of carboxylic acids is 1. The third-order valence-electron chi connectivity index (χ3n) is 5.87. The number of hydrogen-bond acceptors (Lipinski definition) is 4. The molecule has 0 fully saturated rings. The van der Waals surface area contributed by atoms with E-state index in [9.17, 15) is 14.7 Å². The molecule has 1 aliphatic carbocycles. The first kappa shape index (κ1) is 21.4. The van der Waals surface area contributed by atoms with Crippen molar-refractivity contribution in [2.45, 2.75) is 18.9 Å². The number of ether oxygens (including phenoxy) is 1. The summed E-state index contributed by atoms with van der Waals surface area (Å²) >= 11 is 0. The predicted molar refractivity (Wildman–Crippen MR) is 123 cm³/mol. The van der Waals surface area contributed by atoms with Gasteiger partial charge in [0.1, 0.15) is 5.75 Å². The van der Waals surface area contributed by atoms with Crippen LogP contribution in [0.25, 0.3) is 0 Å². The molecule has 6 nitrogen and oxygen atoms in total. The number of anilines is 1. The van der Waals surface area contributed by atoms with Gasteiger partial charge < -0.3 is 20.5 Å². The summed E-state index contributed by atoms with van der Waals surface area (Å²) in [4.78, 5) is 24.8. The first-order valence-corrected chi connectivity index (χ1v) is 10.6. The molecule has 3 aromatic carbocycles. The van der Waals surface area contributed by atoms with Crippen LogP contribution in [0, 0.1) is 5.92 Å². The zero-order valence-electron chi connectivity index (χ0n) is 17.9. The summed E-state index contributed by atoms with van der Waals surface area (Å²) in [6.07, 6.45) is 1.24. The van der Waals surface area contributed by atoms with Crippen molar-refractivity contribution >= 4 is 17.6 Å². The minimum Gasteiger partial charge on any atom is -0.495 e. The highest BCUT2D eigenvalue weighted by Gasteiger charge is 2.38. The smallest absolute Gasteiger partial charge is 0.309 e. The molecule has 2 unspecified atom stereocenters. The largest absolute Gasteiger partial charge is 0.495 e. The van der Waals surface area contributed by atoms with Gasteiger partial charge in [-0.05, 0) is 47.7 Å². The Bertz CT molecular complexity index is 1110. The fraction of sp³-hybridized carbons (Fsp3) is 0.231. The van der Waals surface area contributed by atoms with E-state index < -0.39 is 17.9 Å². The van der Waals surface area contributed by atoms with Crippen molar-refractivity contribution in [3.63, 3.8) is 0 Å². The van der Waals surface area contributed by atoms with Crippen molar-refractivity contribution < 1.29 is 19.4 Å². The van der Waals surface area contributed by atoms with E-state index in [2.05, 4.69) is 22.8 Å². The maximum absolute atomic E-state index is 13.1. The molecule has 0 aromatic heterocycles. The van der Waals surface area contributed by atoms with Crippen LogP contribution in [0.4, 0.5) is 5.69 Å². The molecule has 4 rings (SSSR count). The quantitative estimate of drug-likeness (QED) is 0.501. The van der Waals surface area contributed by atoms with Crippen molar-refractivity contribution in [3.05, 3.63) is 95.1 Å². The van der Waals surface area contributed by atoms with Crippen LogP contribution in [0.15, 0.2) is 72.8 Å². The van der Waals surface area contributed by atoms with Crippen LogP contribution in [0.2, 0.25) is 0 Å². The van der Waals surface area contributed by atoms with Gasteiger partial charge in [-0.2, -0.15) is 0 Å². The Hall–Kier alpha value is -3.80. The molecule has 32 heavy (non-hydrogen) atoms. The Morgan fingerprint density at radius 3 is 2.53 bits per heavy atom. The number of benzene rings is 3. The van der Waals surface area contributed by atoms with Crippen molar-refractivity contribution in [1.82, 2.24) is 5.32 Å². The van der Waals surface area contributed by atoms with Gasteiger partial charge in [-0.1, -0.05) is 54.6 Å². The average molecular weight is 431 g/mol. The van der Waals surface area contributed by atoms with Crippen LogP contribution in [0.5, 0.6) is 5.75 Å². The Balaban J connectivity index is 1.49. The minimum absolute atomic E-state index is 0.313. The van der Waals surface area contributed by atoms with Gasteiger partial charge in [0.2, 0.25) is 0 Å². The molecule has 6 heteroatoms. The number of carbonyl (C=O) groups is 2. The van der Waals surface area contributed by atoms with E-state index in [0.29, 0.717) is 24.3 Å². The molecule has 0 bridgehead atoms. The lowest BCUT2D eigenvalue weighted by molar-refractivity contribution is -0.142. The average Bonchev–Trinajstić information content (AvgIpc) is 3.18. The molecule has 1 aliphatic rings. The van der Waals surface area contributed by atoms with Gasteiger partial charge in [-0.25, -0.2) is 0 Å². The molecule has 0 saturated carbocycles. The van der Waals surface area contributed by atoms with Crippen LogP contribution < -0.4 is 15.4 Å². The Kier molecular flexibility index (Phi) is 6.40. The van der Waals surface area contributed by atoms with E-state index in [0.717, 1.165) is 23.2 Å². The highest BCUT2D eigenvalue weighted by Crippen LogP contribution is 2.36. The zero-order chi connectivity index (χ0) is 22.5. The number of nitrogens with one attached hydrogen (secondary N) is 2. The normalized spacial score (nSPS) is 16.8. The van der Waals surface area contributed by atoms with Gasteiger partial charge in [0.15, 0.2) is 0 Å². The number of amides is 1. The molecule has 0 spiro atoms. The van der Waals surface area contributed by atoms with Gasteiger partial charge in [0.25, 0.3) is 5.91 Å². The highest BCUT2D eigenvalue weighted by atomic mass is 16.5. The van der Waals surface area contributed by atoms with Crippen LogP contribution in [-0.4, -0.2) is 30.6 Å². The number of aliphatic carboxylic acids is 1. The van der Waals surface area contributed by atoms with E-state index in [-0.39, 0.29) is 5.91 Å². The van der Waals surface area contributed by atoms with E-state index in [1.54, 1.807) is 25.3 Å². The third kappa shape index (κ3) is 4.59. The zero-order valence-corrected chi connectivity index (χ0v) is 17.9. The lowest BCUT2D eigenvalue weighted by Crippen LogP contribution is -2.34. The lowest BCUT2D eigenvalue weighted by Gasteiger charge is -2.20. The lowest BCUT2D eigenvalue weighted by atomic mass is 10.00. The van der Waals surface area contributed by atoms with E-state index in [1.165, 1.54) is 5.56 Å². The predicted octanol–water partition coefficient (Wildman–Crippen LogP) is 4.08. The molecule has 0 radical (unpaired) electrons. The van der Waals surface area contributed by atoms with Crippen molar-refractivity contribution in [3.8, 4) is 5.75 Å². The molecular weight excluding hydrogens is 404 g/mol. The summed E-state index contributed by atoms with van der Waals surface area (Å²) in [5.41, 5.74) is 4.21. The van der Waals surface area contributed by atoms with Crippen molar-refractivity contribution in [2.24, 2.45) is 5.92 Å². The highest BCUT2D eigenvalue weighted by molar-refractivity contribution is 5.96. The van der Waals surface area contributed by atoms with Gasteiger partial charge in [0.05, 0.1) is 24.8 Å². The standard InChI is InChI=1S/C26H26N2O4/c1-32-23-12-11-19(16-22(23)27-14-13-17-7-3-2-4-8-17)25(29)28-24-20-10-6-5-9-18(20)15-21(24)26(30)31/h2-12,16,21,24,27H,13-15H2,1H3,(H,28,29)(H,30,31). The number of fused-ring (bicyclic) bond motifs is 1. The first-order valence-electron chi connectivity index (χ1n) is 10.6. The van der Waals surface area contributed by atoms with Crippen LogP contribution in [0.1, 0.15) is 33.1 Å². The van der Waals surface area contributed by atoms with Crippen molar-refractivity contribution in [1.29, 1.82) is 0 Å². The van der Waals surface area contributed by atoms with E-state index >= 15 is 0 Å². The summed E-state index contributed by atoms with van der Waals surface area (Å²) in [6.45, 7) is 0.683. The van der Waals surface area contributed by atoms with Crippen LogP contribution in [-0.2, 0) is 17.6 Å². The first-order chi connectivity index (χ1) is 15.6. The van der Waals surface area contributed by atoms with Crippen LogP contribution >= 0.6 is 0 Å². The number of rotatable bonds is 8. The van der Waals surface area contributed by atoms with Crippen molar-refractivity contribution in [2.75, 3.05) is 19.0 Å². The molecule has 0 saturated heterocycles. The topological polar surface area (TPSA) is 87.7 Å². The number of carbonyl (C=O) groups excluding carboxylic acids is 1. The molecule has 3 N–H and O–H groups in total. The number of carboxylic acid groups (broad SMARTS) is 1. The Labute approximate surface area is 187 Å². The second kappa shape index (κ2) is 9.56. The monoisotopic (exact) mass is 430 g/mol. The van der Waals surface area contributed by atoms with E-state index in [4.69, 9.17) is 4.74 Å². The fourth-order valence-electron chi connectivity index (χ4n) is 4.20. The summed E-state index contributed by atoms with van der Waals surface area (Å²) < 4.78 is 5.44. The molecule has 0 aliphatic heterocycles. The SMILES string of the molecule is COc1ccc(C(=O)NC2c3ccccc3CC2C(=O)O)cc1NCCc1ccccc1. The molecular formula is C26H26N2O4. The van der Waals surface area contributed by atoms with E-state index in [1.807, 2.05) is 42.5 Å². The molecule has 1 amide bonds. The number of hydrogen-bond donors (Lipinski definition) is 3. The number of methoxy groups -OCH3 is 1. The third-order valence-corrected chi connectivity index (χ3v) is 5.87. The van der Waals surface area contributed by atoms with Gasteiger partial charge in [-0.3, -0.25) is 9.59 Å². The minimum atomic E-state index is -0.913. The second-order valence-corrected chi connectivity index (χ2v) is 7.88. The summed E-state index contributed by atoms with van der Waals surface area (Å²) in [5.74, 6) is -1.27. The molecule has 2 atom stereocenters. The molecule has 0 heterocycles. The van der Waals surface area contributed by atoms with Gasteiger partial charge in [0, 0.05) is 12.1 Å². The summed E-state index contributed by atoms with van der Waals surface area (Å²) in [5, 5.41) is 16.0. The fourth-order valence-corrected chi connectivity index (χ4v) is 4.20. The summed E-state index contributed by atoms with van der Waals surface area (Å²) in [6, 6.07) is 22.3. The van der Waals surface area contributed by atoms with Crippen LogP contribution in [0.3, 0.4) is 0 Å². The Morgan fingerprint density at radius 1 is 1.03 bits per heavy atom. The second-order valence-electron chi connectivity index (χ2n) is 7.88. The van der Waals surface area contributed by atoms with Gasteiger partial charge in [-0.15, -0.1) is 0 Å².